The fraction of sp³-hybridized carbons (Fsp3) is 0.526. The van der Waals surface area contributed by atoms with Gasteiger partial charge in [-0.15, -0.1) is 6.58 Å². The van der Waals surface area contributed by atoms with E-state index in [1.54, 1.807) is 33.3 Å². The summed E-state index contributed by atoms with van der Waals surface area (Å²) in [4.78, 5) is 16.9. The van der Waals surface area contributed by atoms with Gasteiger partial charge >= 0.3 is 0 Å². The Morgan fingerprint density at radius 2 is 1.96 bits per heavy atom. The molecule has 0 radical (unpaired) electrons. The number of hydrogen-bond donors (Lipinski definition) is 1. The van der Waals surface area contributed by atoms with E-state index in [2.05, 4.69) is 11.5 Å². The number of hydrogen-bond acceptors (Lipinski definition) is 5. The van der Waals surface area contributed by atoms with Crippen molar-refractivity contribution in [3.63, 3.8) is 0 Å². The van der Waals surface area contributed by atoms with Crippen LogP contribution < -0.4 is 9.47 Å². The van der Waals surface area contributed by atoms with Gasteiger partial charge in [-0.2, -0.15) is 0 Å². The molecular formula is C19H28N2O4. The van der Waals surface area contributed by atoms with Gasteiger partial charge < -0.3 is 19.5 Å². The first-order valence-corrected chi connectivity index (χ1v) is 8.55. The van der Waals surface area contributed by atoms with E-state index in [0.29, 0.717) is 43.1 Å². The monoisotopic (exact) mass is 348 g/mol. The Hall–Kier alpha value is -2.05. The molecule has 138 valence electrons. The molecule has 0 aliphatic carbocycles. The van der Waals surface area contributed by atoms with E-state index in [4.69, 9.17) is 9.47 Å². The predicted octanol–water partition coefficient (Wildman–Crippen LogP) is 1.57. The van der Waals surface area contributed by atoms with Crippen LogP contribution in [-0.2, 0) is 6.42 Å². The number of piperazine rings is 1. The van der Waals surface area contributed by atoms with Crippen LogP contribution in [0.15, 0.2) is 24.8 Å². The maximum Gasteiger partial charge on any atom is 0.254 e. The normalized spacial score (nSPS) is 16.4. The van der Waals surface area contributed by atoms with Gasteiger partial charge in [0.25, 0.3) is 5.91 Å². The molecule has 0 spiro atoms. The first kappa shape index (κ1) is 19.3. The SMILES string of the molecule is C=CCc1cc(C(=O)N2CCN(C[C@@H](C)O)CC2)cc(OC)c1OC. The summed E-state index contributed by atoms with van der Waals surface area (Å²) in [5, 5.41) is 9.49. The molecule has 0 bridgehead atoms. The quantitative estimate of drug-likeness (QED) is 0.758. The Kier molecular flexibility index (Phi) is 6.84. The summed E-state index contributed by atoms with van der Waals surface area (Å²) in [6.07, 6.45) is 2.03. The van der Waals surface area contributed by atoms with Crippen molar-refractivity contribution in [2.24, 2.45) is 0 Å². The van der Waals surface area contributed by atoms with Crippen LogP contribution in [0, 0.1) is 0 Å². The highest BCUT2D eigenvalue weighted by atomic mass is 16.5. The van der Waals surface area contributed by atoms with Crippen molar-refractivity contribution in [1.82, 2.24) is 9.80 Å². The molecule has 2 rings (SSSR count). The molecule has 1 amide bonds. The third kappa shape index (κ3) is 4.74. The lowest BCUT2D eigenvalue weighted by Gasteiger charge is -2.35. The number of methoxy groups -OCH3 is 2. The summed E-state index contributed by atoms with van der Waals surface area (Å²) in [5.41, 5.74) is 1.48. The number of β-amino-alcohol motifs (C(OH)–C–C–N with tert-alkyl or cyclic N) is 1. The van der Waals surface area contributed by atoms with Crippen LogP contribution in [0.4, 0.5) is 0 Å². The first-order valence-electron chi connectivity index (χ1n) is 8.55. The van der Waals surface area contributed by atoms with E-state index >= 15 is 0 Å². The maximum atomic E-state index is 12.9. The Morgan fingerprint density at radius 3 is 2.48 bits per heavy atom. The minimum absolute atomic E-state index is 0.0111. The second kappa shape index (κ2) is 8.87. The molecule has 6 heteroatoms. The summed E-state index contributed by atoms with van der Waals surface area (Å²) in [6.45, 7) is 9.02. The zero-order valence-electron chi connectivity index (χ0n) is 15.3. The summed E-state index contributed by atoms with van der Waals surface area (Å²) in [6, 6.07) is 3.59. The van der Waals surface area contributed by atoms with Gasteiger partial charge in [-0.3, -0.25) is 9.69 Å². The Labute approximate surface area is 149 Å². The largest absolute Gasteiger partial charge is 0.493 e. The van der Waals surface area contributed by atoms with Crippen molar-refractivity contribution in [3.05, 3.63) is 35.9 Å². The van der Waals surface area contributed by atoms with Crippen LogP contribution in [0.3, 0.4) is 0 Å². The van der Waals surface area contributed by atoms with Gasteiger partial charge in [0.2, 0.25) is 0 Å². The number of carbonyl (C=O) groups is 1. The van der Waals surface area contributed by atoms with Crippen LogP contribution in [0.25, 0.3) is 0 Å². The van der Waals surface area contributed by atoms with Crippen molar-refractivity contribution >= 4 is 5.91 Å². The van der Waals surface area contributed by atoms with E-state index in [0.717, 1.165) is 18.7 Å². The van der Waals surface area contributed by atoms with E-state index in [1.165, 1.54) is 0 Å². The molecule has 25 heavy (non-hydrogen) atoms. The van der Waals surface area contributed by atoms with Crippen LogP contribution in [-0.4, -0.2) is 73.9 Å². The van der Waals surface area contributed by atoms with Crippen LogP contribution in [0.5, 0.6) is 11.5 Å². The lowest BCUT2D eigenvalue weighted by atomic mass is 10.0. The number of ether oxygens (including phenoxy) is 2. The van der Waals surface area contributed by atoms with Crippen LogP contribution in [0.2, 0.25) is 0 Å². The molecule has 1 atom stereocenters. The van der Waals surface area contributed by atoms with Gasteiger partial charge in [-0.1, -0.05) is 6.08 Å². The molecule has 1 saturated heterocycles. The van der Waals surface area contributed by atoms with Crippen molar-refractivity contribution in [2.45, 2.75) is 19.4 Å². The molecule has 1 aliphatic rings. The molecule has 0 unspecified atom stereocenters. The fourth-order valence-corrected chi connectivity index (χ4v) is 3.16. The number of amides is 1. The highest BCUT2D eigenvalue weighted by Crippen LogP contribution is 2.33. The number of nitrogens with zero attached hydrogens (tertiary/aromatic N) is 2. The van der Waals surface area contributed by atoms with Gasteiger partial charge in [-0.25, -0.2) is 0 Å². The first-order chi connectivity index (χ1) is 12.0. The molecule has 1 fully saturated rings. The molecule has 6 nitrogen and oxygen atoms in total. The predicted molar refractivity (Wildman–Crippen MR) is 97.5 cm³/mol. The third-order valence-corrected chi connectivity index (χ3v) is 4.35. The molecule has 1 aromatic rings. The van der Waals surface area contributed by atoms with E-state index < -0.39 is 0 Å². The standard InChI is InChI=1S/C19H28N2O4/c1-5-6-15-11-16(12-17(24-3)18(15)25-4)19(23)21-9-7-20(8-10-21)13-14(2)22/h5,11-12,14,22H,1,6-10,13H2,2-4H3/t14-/m1/s1. The second-order valence-electron chi connectivity index (χ2n) is 6.31. The molecule has 1 N–H and O–H groups in total. The number of aliphatic hydroxyl groups excluding tert-OH is 1. The van der Waals surface area contributed by atoms with Crippen molar-refractivity contribution in [3.8, 4) is 11.5 Å². The third-order valence-electron chi connectivity index (χ3n) is 4.35. The molecule has 1 aromatic carbocycles. The summed E-state index contributed by atoms with van der Waals surface area (Å²) in [5.74, 6) is 1.18. The van der Waals surface area contributed by atoms with Crippen molar-refractivity contribution in [1.29, 1.82) is 0 Å². The smallest absolute Gasteiger partial charge is 0.254 e. The molecule has 0 aromatic heterocycles. The van der Waals surface area contributed by atoms with Gasteiger partial charge in [0, 0.05) is 43.9 Å². The number of rotatable bonds is 7. The van der Waals surface area contributed by atoms with Gasteiger partial charge in [0.15, 0.2) is 11.5 Å². The lowest BCUT2D eigenvalue weighted by molar-refractivity contribution is 0.0553. The zero-order valence-corrected chi connectivity index (χ0v) is 15.3. The zero-order chi connectivity index (χ0) is 18.4. The average molecular weight is 348 g/mol. The lowest BCUT2D eigenvalue weighted by Crippen LogP contribution is -2.50. The van der Waals surface area contributed by atoms with Crippen LogP contribution in [0.1, 0.15) is 22.8 Å². The molecular weight excluding hydrogens is 320 g/mol. The number of allylic oxidation sites excluding steroid dienone is 1. The Bertz CT molecular complexity index is 608. The molecule has 1 aliphatic heterocycles. The molecule has 1 heterocycles. The minimum Gasteiger partial charge on any atom is -0.493 e. The minimum atomic E-state index is -0.352. The van der Waals surface area contributed by atoms with E-state index in [-0.39, 0.29) is 12.0 Å². The van der Waals surface area contributed by atoms with Gasteiger partial charge in [0.1, 0.15) is 0 Å². The molecule has 0 saturated carbocycles. The van der Waals surface area contributed by atoms with Gasteiger partial charge in [-0.05, 0) is 25.5 Å². The Morgan fingerprint density at radius 1 is 1.28 bits per heavy atom. The average Bonchev–Trinajstić information content (AvgIpc) is 2.60. The van der Waals surface area contributed by atoms with E-state index in [1.807, 2.05) is 11.0 Å². The summed E-state index contributed by atoms with van der Waals surface area (Å²) >= 11 is 0. The number of aliphatic hydroxyl groups is 1. The Balaban J connectivity index is 2.16. The van der Waals surface area contributed by atoms with Crippen molar-refractivity contribution < 1.29 is 19.4 Å². The van der Waals surface area contributed by atoms with Crippen molar-refractivity contribution in [2.75, 3.05) is 46.9 Å². The highest BCUT2D eigenvalue weighted by Gasteiger charge is 2.24. The number of benzene rings is 1. The van der Waals surface area contributed by atoms with Gasteiger partial charge in [0.05, 0.1) is 20.3 Å². The summed E-state index contributed by atoms with van der Waals surface area (Å²) < 4.78 is 10.8. The number of carbonyl (C=O) groups excluding carboxylic acids is 1. The second-order valence-corrected chi connectivity index (χ2v) is 6.31. The van der Waals surface area contributed by atoms with E-state index in [9.17, 15) is 9.90 Å². The van der Waals surface area contributed by atoms with Crippen LogP contribution >= 0.6 is 0 Å². The highest BCUT2D eigenvalue weighted by molar-refractivity contribution is 5.95. The topological polar surface area (TPSA) is 62.2 Å². The maximum absolute atomic E-state index is 12.9. The fourth-order valence-electron chi connectivity index (χ4n) is 3.16. The summed E-state index contributed by atoms with van der Waals surface area (Å²) in [7, 11) is 3.16.